The molecule has 1 aromatic carbocycles. The first-order valence-electron chi connectivity index (χ1n) is 5.51. The molecule has 0 unspecified atom stereocenters. The first-order valence-corrected chi connectivity index (χ1v) is 7.50. The Morgan fingerprint density at radius 3 is 2.68 bits per heavy atom. The van der Waals surface area contributed by atoms with Gasteiger partial charge in [-0.05, 0) is 40.2 Å². The van der Waals surface area contributed by atoms with Crippen molar-refractivity contribution < 1.29 is 0 Å². The zero-order valence-corrected chi connectivity index (χ0v) is 12.7. The molecule has 3 N–H and O–H groups in total. The number of thiophene rings is 1. The maximum atomic E-state index is 11.2. The molecule has 3 aromatic rings. The van der Waals surface area contributed by atoms with E-state index in [1.54, 1.807) is 11.3 Å². The molecule has 98 valence electrons. The Morgan fingerprint density at radius 2 is 2.00 bits per heavy atom. The monoisotopic (exact) mass is 357 g/mol. The minimum atomic E-state index is -0.205. The molecule has 0 amide bonds. The number of rotatable bonds is 3. The fourth-order valence-corrected chi connectivity index (χ4v) is 3.33. The molecule has 0 bridgehead atoms. The van der Waals surface area contributed by atoms with E-state index >= 15 is 0 Å². The van der Waals surface area contributed by atoms with Crippen LogP contribution < -0.4 is 11.0 Å². The molecule has 2 aromatic heterocycles. The lowest BCUT2D eigenvalue weighted by molar-refractivity contribution is 1.19. The van der Waals surface area contributed by atoms with E-state index in [2.05, 4.69) is 31.2 Å². The van der Waals surface area contributed by atoms with E-state index < -0.39 is 0 Å². The van der Waals surface area contributed by atoms with Crippen molar-refractivity contribution in [3.8, 4) is 0 Å². The predicted molar refractivity (Wildman–Crippen MR) is 83.3 cm³/mol. The van der Waals surface area contributed by atoms with Crippen LogP contribution >= 0.6 is 38.9 Å². The number of anilines is 1. The van der Waals surface area contributed by atoms with Crippen LogP contribution in [0.15, 0.2) is 33.5 Å². The molecular weight excluding hydrogens is 350 g/mol. The zero-order chi connectivity index (χ0) is 13.4. The maximum Gasteiger partial charge on any atom is 0.323 e. The van der Waals surface area contributed by atoms with Gasteiger partial charge in [0, 0.05) is 15.9 Å². The number of fused-ring (bicyclic) bond motifs is 1. The van der Waals surface area contributed by atoms with E-state index in [1.165, 1.54) is 0 Å². The number of aromatic nitrogens is 2. The average Bonchev–Trinajstić information content (AvgIpc) is 2.91. The van der Waals surface area contributed by atoms with E-state index in [4.69, 9.17) is 11.6 Å². The molecule has 3 rings (SSSR count). The highest BCUT2D eigenvalue weighted by atomic mass is 79.9. The summed E-state index contributed by atoms with van der Waals surface area (Å²) in [5, 5.41) is 3.31. The van der Waals surface area contributed by atoms with Gasteiger partial charge in [0.1, 0.15) is 0 Å². The van der Waals surface area contributed by atoms with Gasteiger partial charge < -0.3 is 15.3 Å². The van der Waals surface area contributed by atoms with Crippen LogP contribution in [-0.4, -0.2) is 9.97 Å². The number of benzene rings is 1. The lowest BCUT2D eigenvalue weighted by Gasteiger charge is -2.07. The quantitative estimate of drug-likeness (QED) is 0.664. The summed E-state index contributed by atoms with van der Waals surface area (Å²) in [5.74, 6) is 0. The van der Waals surface area contributed by atoms with Crippen molar-refractivity contribution in [3.05, 3.63) is 48.4 Å². The summed E-state index contributed by atoms with van der Waals surface area (Å²) in [4.78, 5) is 17.8. The molecule has 2 heterocycles. The molecule has 0 aliphatic rings. The highest BCUT2D eigenvalue weighted by Crippen LogP contribution is 2.28. The van der Waals surface area contributed by atoms with Crippen LogP contribution in [0, 0.1) is 0 Å². The summed E-state index contributed by atoms with van der Waals surface area (Å²) in [6.07, 6.45) is 0. The predicted octanol–water partition coefficient (Wildman–Crippen LogP) is 3.95. The topological polar surface area (TPSA) is 60.7 Å². The third-order valence-electron chi connectivity index (χ3n) is 2.69. The number of imidazole rings is 1. The normalized spacial score (nSPS) is 11.1. The van der Waals surface area contributed by atoms with Gasteiger partial charge in [0.25, 0.3) is 0 Å². The zero-order valence-electron chi connectivity index (χ0n) is 9.59. The Labute approximate surface area is 125 Å². The first-order chi connectivity index (χ1) is 9.11. The van der Waals surface area contributed by atoms with Crippen LogP contribution in [0.25, 0.3) is 11.0 Å². The second kappa shape index (κ2) is 5.03. The molecule has 0 aliphatic heterocycles. The molecule has 0 saturated heterocycles. The van der Waals surface area contributed by atoms with Crippen LogP contribution in [0.2, 0.25) is 4.34 Å². The van der Waals surface area contributed by atoms with E-state index in [0.29, 0.717) is 6.54 Å². The van der Waals surface area contributed by atoms with E-state index in [1.807, 2.05) is 24.3 Å². The van der Waals surface area contributed by atoms with Crippen LogP contribution in [0.1, 0.15) is 4.88 Å². The third-order valence-corrected chi connectivity index (χ3v) is 4.57. The molecule has 0 atom stereocenters. The van der Waals surface area contributed by atoms with Crippen molar-refractivity contribution in [3.63, 3.8) is 0 Å². The number of hydrogen-bond donors (Lipinski definition) is 3. The summed E-state index contributed by atoms with van der Waals surface area (Å²) in [6, 6.07) is 7.64. The Bertz CT molecular complexity index is 792. The second-order valence-electron chi connectivity index (χ2n) is 4.02. The summed E-state index contributed by atoms with van der Waals surface area (Å²) in [7, 11) is 0. The van der Waals surface area contributed by atoms with Crippen molar-refractivity contribution in [1.82, 2.24) is 9.97 Å². The molecule has 0 aliphatic carbocycles. The summed E-state index contributed by atoms with van der Waals surface area (Å²) < 4.78 is 1.68. The van der Waals surface area contributed by atoms with E-state index in [0.717, 1.165) is 30.4 Å². The van der Waals surface area contributed by atoms with Gasteiger partial charge in [0.05, 0.1) is 21.1 Å². The van der Waals surface area contributed by atoms with Crippen molar-refractivity contribution in [1.29, 1.82) is 0 Å². The van der Waals surface area contributed by atoms with Crippen LogP contribution in [-0.2, 0) is 6.54 Å². The highest BCUT2D eigenvalue weighted by molar-refractivity contribution is 9.10. The number of aromatic amines is 2. The third kappa shape index (κ3) is 2.70. The molecule has 0 fully saturated rings. The molecule has 4 nitrogen and oxygen atoms in total. The molecule has 7 heteroatoms. The Balaban J connectivity index is 1.87. The number of hydrogen-bond acceptors (Lipinski definition) is 3. The van der Waals surface area contributed by atoms with Crippen molar-refractivity contribution in [2.45, 2.75) is 6.54 Å². The van der Waals surface area contributed by atoms with Gasteiger partial charge in [0.2, 0.25) is 0 Å². The van der Waals surface area contributed by atoms with Gasteiger partial charge in [0.15, 0.2) is 0 Å². The van der Waals surface area contributed by atoms with Crippen LogP contribution in [0.4, 0.5) is 5.69 Å². The SMILES string of the molecule is O=c1[nH]c2cc(Br)c(NCc3ccc(Cl)s3)cc2[nH]1. The average molecular weight is 359 g/mol. The van der Waals surface area contributed by atoms with Gasteiger partial charge in [-0.1, -0.05) is 11.6 Å². The molecular formula is C12H9BrClN3OS. The van der Waals surface area contributed by atoms with Crippen molar-refractivity contribution in [2.75, 3.05) is 5.32 Å². The lowest BCUT2D eigenvalue weighted by Crippen LogP contribution is -1.99. The minimum Gasteiger partial charge on any atom is -0.379 e. The van der Waals surface area contributed by atoms with E-state index in [-0.39, 0.29) is 5.69 Å². The Hall–Kier alpha value is -1.24. The lowest BCUT2D eigenvalue weighted by atomic mass is 10.2. The van der Waals surface area contributed by atoms with Crippen molar-refractivity contribution >= 4 is 55.6 Å². The van der Waals surface area contributed by atoms with Crippen LogP contribution in [0.3, 0.4) is 0 Å². The second-order valence-corrected chi connectivity index (χ2v) is 6.67. The van der Waals surface area contributed by atoms with Gasteiger partial charge in [-0.25, -0.2) is 4.79 Å². The number of nitrogens with one attached hydrogen (secondary N) is 3. The highest BCUT2D eigenvalue weighted by Gasteiger charge is 2.06. The van der Waals surface area contributed by atoms with E-state index in [9.17, 15) is 4.79 Å². The molecule has 19 heavy (non-hydrogen) atoms. The van der Waals surface area contributed by atoms with Gasteiger partial charge in [-0.15, -0.1) is 11.3 Å². The standard InChI is InChI=1S/C12H9BrClN3OS/c13-7-3-9-10(17-12(18)16-9)4-8(7)15-5-6-1-2-11(14)19-6/h1-4,15H,5H2,(H2,16,17,18). The van der Waals surface area contributed by atoms with Crippen LogP contribution in [0.5, 0.6) is 0 Å². The Kier molecular flexibility index (Phi) is 3.38. The fourth-order valence-electron chi connectivity index (χ4n) is 1.82. The summed E-state index contributed by atoms with van der Waals surface area (Å²) in [6.45, 7) is 0.691. The Morgan fingerprint density at radius 1 is 1.26 bits per heavy atom. The smallest absolute Gasteiger partial charge is 0.323 e. The first kappa shape index (κ1) is 12.8. The van der Waals surface area contributed by atoms with Gasteiger partial charge in [-0.2, -0.15) is 0 Å². The number of halogens is 2. The fraction of sp³-hybridized carbons (Fsp3) is 0.0833. The minimum absolute atomic E-state index is 0.205. The maximum absolute atomic E-state index is 11.2. The summed E-state index contributed by atoms with van der Waals surface area (Å²) in [5.41, 5.74) is 2.28. The number of H-pyrrole nitrogens is 2. The molecule has 0 saturated carbocycles. The van der Waals surface area contributed by atoms with Gasteiger partial charge >= 0.3 is 5.69 Å². The molecule has 0 radical (unpaired) electrons. The van der Waals surface area contributed by atoms with Gasteiger partial charge in [-0.3, -0.25) is 0 Å². The molecule has 0 spiro atoms. The van der Waals surface area contributed by atoms with Crippen molar-refractivity contribution in [2.24, 2.45) is 0 Å². The largest absolute Gasteiger partial charge is 0.379 e. The summed E-state index contributed by atoms with van der Waals surface area (Å²) >= 11 is 10.9.